The third-order valence-corrected chi connectivity index (χ3v) is 4.99. The first-order valence-electron chi connectivity index (χ1n) is 9.45. The second-order valence-corrected chi connectivity index (χ2v) is 7.08. The van der Waals surface area contributed by atoms with Gasteiger partial charge in [-0.1, -0.05) is 30.3 Å². The number of carbonyl (C=O) groups is 2. The van der Waals surface area contributed by atoms with Gasteiger partial charge in [0.15, 0.2) is 5.82 Å². The highest BCUT2D eigenvalue weighted by Gasteiger charge is 2.30. The fourth-order valence-electron chi connectivity index (χ4n) is 3.42. The molecule has 1 aromatic heterocycles. The molecule has 4 rings (SSSR count). The third kappa shape index (κ3) is 3.64. The molecule has 0 spiro atoms. The van der Waals surface area contributed by atoms with Crippen molar-refractivity contribution >= 4 is 11.8 Å². The lowest BCUT2D eigenvalue weighted by atomic mass is 10.1. The second kappa shape index (κ2) is 7.32. The van der Waals surface area contributed by atoms with Gasteiger partial charge in [0, 0.05) is 19.1 Å². The van der Waals surface area contributed by atoms with Gasteiger partial charge in [0.2, 0.25) is 0 Å². The lowest BCUT2D eigenvalue weighted by molar-refractivity contribution is 0.0935. The standard InChI is InChI=1S/C20H24N4O2/c25-19(21-12-11-14-6-2-1-3-7-14)17-16-8-4-5-13-24(16)18(23-17)20(26)22-15-9-10-15/h1-3,6-7,15H,4-5,8-13H2,(H,21,25)(H,22,26). The molecular weight excluding hydrogens is 328 g/mol. The Morgan fingerprint density at radius 1 is 1.12 bits per heavy atom. The molecule has 136 valence electrons. The van der Waals surface area contributed by atoms with E-state index in [2.05, 4.69) is 15.6 Å². The molecule has 2 N–H and O–H groups in total. The van der Waals surface area contributed by atoms with Crippen molar-refractivity contribution in [1.29, 1.82) is 0 Å². The van der Waals surface area contributed by atoms with Gasteiger partial charge in [0.25, 0.3) is 11.8 Å². The summed E-state index contributed by atoms with van der Waals surface area (Å²) in [6.07, 6.45) is 5.68. The number of rotatable bonds is 6. The summed E-state index contributed by atoms with van der Waals surface area (Å²) in [6.45, 7) is 1.31. The van der Waals surface area contributed by atoms with E-state index < -0.39 is 0 Å². The predicted octanol–water partition coefficient (Wildman–Crippen LogP) is 2.08. The van der Waals surface area contributed by atoms with Crippen LogP contribution in [0, 0.1) is 0 Å². The van der Waals surface area contributed by atoms with Crippen LogP contribution in [0.3, 0.4) is 0 Å². The van der Waals surface area contributed by atoms with Crippen molar-refractivity contribution in [2.45, 2.75) is 51.1 Å². The molecule has 0 unspecified atom stereocenters. The highest BCUT2D eigenvalue weighted by atomic mass is 16.2. The Morgan fingerprint density at radius 2 is 1.92 bits per heavy atom. The minimum atomic E-state index is -0.183. The van der Waals surface area contributed by atoms with Gasteiger partial charge < -0.3 is 15.2 Å². The molecular formula is C20H24N4O2. The summed E-state index contributed by atoms with van der Waals surface area (Å²) in [4.78, 5) is 29.6. The molecule has 1 aliphatic carbocycles. The topological polar surface area (TPSA) is 76.0 Å². The summed E-state index contributed by atoms with van der Waals surface area (Å²) in [6, 6.07) is 10.3. The maximum Gasteiger partial charge on any atom is 0.287 e. The van der Waals surface area contributed by atoms with Crippen LogP contribution in [0.5, 0.6) is 0 Å². The lowest BCUT2D eigenvalue weighted by Crippen LogP contribution is -2.29. The largest absolute Gasteiger partial charge is 0.350 e. The Morgan fingerprint density at radius 3 is 2.69 bits per heavy atom. The summed E-state index contributed by atoms with van der Waals surface area (Å²) in [5.74, 6) is 0.0517. The fraction of sp³-hybridized carbons (Fsp3) is 0.450. The second-order valence-electron chi connectivity index (χ2n) is 7.08. The molecule has 6 heteroatoms. The zero-order chi connectivity index (χ0) is 17.9. The molecule has 1 fully saturated rings. The van der Waals surface area contributed by atoms with Crippen molar-refractivity contribution in [1.82, 2.24) is 20.2 Å². The molecule has 2 aliphatic rings. The van der Waals surface area contributed by atoms with Gasteiger partial charge in [-0.15, -0.1) is 0 Å². The van der Waals surface area contributed by atoms with E-state index in [1.54, 1.807) is 0 Å². The Kier molecular flexibility index (Phi) is 4.73. The van der Waals surface area contributed by atoms with Crippen LogP contribution >= 0.6 is 0 Å². The lowest BCUT2D eigenvalue weighted by Gasteiger charge is -2.17. The van der Waals surface area contributed by atoms with E-state index in [4.69, 9.17) is 0 Å². The van der Waals surface area contributed by atoms with Crippen LogP contribution in [0.4, 0.5) is 0 Å². The zero-order valence-electron chi connectivity index (χ0n) is 14.8. The van der Waals surface area contributed by atoms with Gasteiger partial charge in [-0.25, -0.2) is 4.98 Å². The van der Waals surface area contributed by atoms with Gasteiger partial charge in [-0.3, -0.25) is 9.59 Å². The maximum absolute atomic E-state index is 12.7. The quantitative estimate of drug-likeness (QED) is 0.836. The van der Waals surface area contributed by atoms with E-state index in [0.29, 0.717) is 18.1 Å². The third-order valence-electron chi connectivity index (χ3n) is 4.99. The number of nitrogens with zero attached hydrogens (tertiary/aromatic N) is 2. The minimum absolute atomic E-state index is 0.154. The van der Waals surface area contributed by atoms with Gasteiger partial charge in [0.1, 0.15) is 5.69 Å². The van der Waals surface area contributed by atoms with Crippen LogP contribution in [0.25, 0.3) is 0 Å². The maximum atomic E-state index is 12.7. The van der Waals surface area contributed by atoms with Crippen LogP contribution in [-0.4, -0.2) is 34.0 Å². The molecule has 2 amide bonds. The van der Waals surface area contributed by atoms with E-state index in [-0.39, 0.29) is 17.9 Å². The van der Waals surface area contributed by atoms with E-state index in [1.165, 1.54) is 5.56 Å². The van der Waals surface area contributed by atoms with Crippen molar-refractivity contribution in [3.63, 3.8) is 0 Å². The van der Waals surface area contributed by atoms with Gasteiger partial charge in [-0.05, 0) is 44.1 Å². The summed E-state index contributed by atoms with van der Waals surface area (Å²) < 4.78 is 1.94. The summed E-state index contributed by atoms with van der Waals surface area (Å²) in [7, 11) is 0. The van der Waals surface area contributed by atoms with Crippen molar-refractivity contribution in [2.24, 2.45) is 0 Å². The predicted molar refractivity (Wildman–Crippen MR) is 98.1 cm³/mol. The zero-order valence-corrected chi connectivity index (χ0v) is 14.8. The SMILES string of the molecule is O=C(NCCc1ccccc1)c1nc(C(=O)NC2CC2)n2c1CCCC2. The molecule has 2 aromatic rings. The molecule has 2 heterocycles. The number of carbonyl (C=O) groups excluding carboxylic acids is 2. The van der Waals surface area contributed by atoms with E-state index in [1.807, 2.05) is 34.9 Å². The molecule has 1 saturated carbocycles. The highest BCUT2D eigenvalue weighted by molar-refractivity contribution is 5.97. The van der Waals surface area contributed by atoms with Crippen LogP contribution in [0.1, 0.15) is 58.0 Å². The number of fused-ring (bicyclic) bond motifs is 1. The number of imidazole rings is 1. The van der Waals surface area contributed by atoms with Crippen LogP contribution in [-0.2, 0) is 19.4 Å². The van der Waals surface area contributed by atoms with Crippen LogP contribution in [0.15, 0.2) is 30.3 Å². The van der Waals surface area contributed by atoms with E-state index >= 15 is 0 Å². The first-order chi connectivity index (χ1) is 12.7. The number of nitrogens with one attached hydrogen (secondary N) is 2. The Hall–Kier alpha value is -2.63. The normalized spacial score (nSPS) is 16.0. The van der Waals surface area contributed by atoms with Crippen molar-refractivity contribution in [3.05, 3.63) is 53.1 Å². The van der Waals surface area contributed by atoms with Gasteiger partial charge in [-0.2, -0.15) is 0 Å². The fourth-order valence-corrected chi connectivity index (χ4v) is 3.42. The molecule has 26 heavy (non-hydrogen) atoms. The van der Waals surface area contributed by atoms with Crippen LogP contribution in [0.2, 0.25) is 0 Å². The van der Waals surface area contributed by atoms with E-state index in [0.717, 1.165) is 50.8 Å². The Bertz CT molecular complexity index is 809. The first-order valence-corrected chi connectivity index (χ1v) is 9.45. The molecule has 0 bridgehead atoms. The molecule has 0 atom stereocenters. The number of amides is 2. The van der Waals surface area contributed by atoms with Gasteiger partial charge >= 0.3 is 0 Å². The molecule has 0 radical (unpaired) electrons. The molecule has 0 saturated heterocycles. The average molecular weight is 352 g/mol. The first kappa shape index (κ1) is 16.8. The van der Waals surface area contributed by atoms with Crippen molar-refractivity contribution < 1.29 is 9.59 Å². The average Bonchev–Trinajstić information content (AvgIpc) is 3.39. The smallest absolute Gasteiger partial charge is 0.287 e. The number of benzene rings is 1. The Labute approximate surface area is 153 Å². The number of hydrogen-bond acceptors (Lipinski definition) is 3. The van der Waals surface area contributed by atoms with Crippen molar-refractivity contribution in [3.8, 4) is 0 Å². The highest BCUT2D eigenvalue weighted by Crippen LogP contribution is 2.23. The summed E-state index contributed by atoms with van der Waals surface area (Å²) >= 11 is 0. The molecule has 1 aromatic carbocycles. The molecule has 6 nitrogen and oxygen atoms in total. The van der Waals surface area contributed by atoms with Gasteiger partial charge in [0.05, 0.1) is 5.69 Å². The van der Waals surface area contributed by atoms with E-state index in [9.17, 15) is 9.59 Å². The van der Waals surface area contributed by atoms with Crippen LogP contribution < -0.4 is 10.6 Å². The summed E-state index contributed by atoms with van der Waals surface area (Å²) in [5.41, 5.74) is 2.50. The molecule has 1 aliphatic heterocycles. The number of hydrogen-bond donors (Lipinski definition) is 2. The minimum Gasteiger partial charge on any atom is -0.350 e. The number of aromatic nitrogens is 2. The Balaban J connectivity index is 1.47. The van der Waals surface area contributed by atoms with Crippen molar-refractivity contribution in [2.75, 3.05) is 6.54 Å². The summed E-state index contributed by atoms with van der Waals surface area (Å²) in [5, 5.41) is 5.94. The monoisotopic (exact) mass is 352 g/mol.